The molecule has 0 saturated carbocycles. The second-order valence-corrected chi connectivity index (χ2v) is 6.94. The lowest BCUT2D eigenvalue weighted by Crippen LogP contribution is -1.85. The molecule has 5 aromatic heterocycles. The molecule has 0 saturated heterocycles. The van der Waals surface area contributed by atoms with Crippen LogP contribution >= 0.6 is 0 Å². The molecule has 7 nitrogen and oxygen atoms in total. The van der Waals surface area contributed by atoms with Crippen molar-refractivity contribution in [2.75, 3.05) is 0 Å². The van der Waals surface area contributed by atoms with Gasteiger partial charge in [0.1, 0.15) is 11.6 Å². The lowest BCUT2D eigenvalue weighted by Gasteiger charge is -2.00. The van der Waals surface area contributed by atoms with Gasteiger partial charge in [-0.05, 0) is 48.5 Å². The first-order valence-corrected chi connectivity index (χ1v) is 9.51. The standard InChI is InChI=1S/C23H15N7/c1-2-18-20(29-21(27-18)14-5-9-24-10-6-14)13-16(1)17-3-4-19-23(26-17)30-22(28-19)15-7-11-25-12-8-15/h1-13H,(H,27,29)(H,26,28,30). The zero-order valence-electron chi connectivity index (χ0n) is 15.7. The molecule has 0 spiro atoms. The Hall–Kier alpha value is -4.39. The average molecular weight is 389 g/mol. The van der Waals surface area contributed by atoms with E-state index in [1.54, 1.807) is 24.8 Å². The molecule has 0 fully saturated rings. The number of pyridine rings is 3. The molecule has 0 radical (unpaired) electrons. The monoisotopic (exact) mass is 389 g/mol. The largest absolute Gasteiger partial charge is 0.338 e. The van der Waals surface area contributed by atoms with Crippen molar-refractivity contribution in [2.24, 2.45) is 0 Å². The Labute approximate surface area is 170 Å². The lowest BCUT2D eigenvalue weighted by molar-refractivity contribution is 1.27. The highest BCUT2D eigenvalue weighted by molar-refractivity contribution is 5.85. The zero-order valence-corrected chi connectivity index (χ0v) is 15.7. The van der Waals surface area contributed by atoms with E-state index in [1.807, 2.05) is 48.5 Å². The van der Waals surface area contributed by atoms with Crippen molar-refractivity contribution in [3.05, 3.63) is 79.4 Å². The highest BCUT2D eigenvalue weighted by Crippen LogP contribution is 2.27. The topological polar surface area (TPSA) is 96.0 Å². The number of nitrogens with zero attached hydrogens (tertiary/aromatic N) is 5. The van der Waals surface area contributed by atoms with E-state index < -0.39 is 0 Å². The molecule has 0 atom stereocenters. The normalized spacial score (nSPS) is 11.3. The summed E-state index contributed by atoms with van der Waals surface area (Å²) in [7, 11) is 0. The van der Waals surface area contributed by atoms with Crippen molar-refractivity contribution in [1.29, 1.82) is 0 Å². The van der Waals surface area contributed by atoms with Gasteiger partial charge in [-0.3, -0.25) is 9.97 Å². The zero-order chi connectivity index (χ0) is 19.9. The van der Waals surface area contributed by atoms with E-state index in [2.05, 4.69) is 36.0 Å². The number of benzene rings is 1. The second-order valence-electron chi connectivity index (χ2n) is 6.94. The van der Waals surface area contributed by atoms with Crippen LogP contribution in [0.4, 0.5) is 0 Å². The maximum absolute atomic E-state index is 4.76. The first-order chi connectivity index (χ1) is 14.8. The van der Waals surface area contributed by atoms with E-state index in [0.717, 1.165) is 50.6 Å². The van der Waals surface area contributed by atoms with Gasteiger partial charge in [0, 0.05) is 41.5 Å². The van der Waals surface area contributed by atoms with Gasteiger partial charge < -0.3 is 9.97 Å². The molecule has 0 unspecified atom stereocenters. The minimum atomic E-state index is 0.682. The summed E-state index contributed by atoms with van der Waals surface area (Å²) >= 11 is 0. The number of fused-ring (bicyclic) bond motifs is 2. The van der Waals surface area contributed by atoms with E-state index >= 15 is 0 Å². The van der Waals surface area contributed by atoms with Gasteiger partial charge in [-0.25, -0.2) is 15.0 Å². The highest BCUT2D eigenvalue weighted by Gasteiger charge is 2.10. The van der Waals surface area contributed by atoms with Crippen LogP contribution in [-0.2, 0) is 0 Å². The Kier molecular flexibility index (Phi) is 3.64. The van der Waals surface area contributed by atoms with Crippen molar-refractivity contribution in [3.63, 3.8) is 0 Å². The molecule has 30 heavy (non-hydrogen) atoms. The molecule has 142 valence electrons. The molecule has 0 aliphatic carbocycles. The second kappa shape index (κ2) is 6.59. The fourth-order valence-electron chi connectivity index (χ4n) is 3.52. The molecular formula is C23H15N7. The molecule has 6 aromatic rings. The van der Waals surface area contributed by atoms with Crippen molar-refractivity contribution < 1.29 is 0 Å². The molecule has 2 N–H and O–H groups in total. The molecule has 5 heterocycles. The number of H-pyrrole nitrogens is 2. The number of aromatic nitrogens is 7. The molecule has 0 aliphatic heterocycles. The van der Waals surface area contributed by atoms with Crippen LogP contribution in [0.15, 0.2) is 79.4 Å². The molecule has 6 rings (SSSR count). The van der Waals surface area contributed by atoms with Gasteiger partial charge in [0.05, 0.1) is 22.2 Å². The first-order valence-electron chi connectivity index (χ1n) is 9.51. The summed E-state index contributed by atoms with van der Waals surface area (Å²) in [5, 5.41) is 0. The van der Waals surface area contributed by atoms with Crippen LogP contribution in [0.3, 0.4) is 0 Å². The van der Waals surface area contributed by atoms with Crippen molar-refractivity contribution in [3.8, 4) is 34.0 Å². The van der Waals surface area contributed by atoms with Gasteiger partial charge in [-0.2, -0.15) is 0 Å². The Bertz CT molecular complexity index is 1370. The first kappa shape index (κ1) is 16.6. The third-order valence-electron chi connectivity index (χ3n) is 5.03. The van der Waals surface area contributed by atoms with Gasteiger partial charge >= 0.3 is 0 Å². The molecule has 0 aliphatic rings. The van der Waals surface area contributed by atoms with Gasteiger partial charge in [-0.15, -0.1) is 0 Å². The predicted octanol–water partition coefficient (Wildman–Crippen LogP) is 4.63. The fraction of sp³-hybridized carbons (Fsp3) is 0. The quantitative estimate of drug-likeness (QED) is 0.460. The van der Waals surface area contributed by atoms with Gasteiger partial charge in [0.15, 0.2) is 5.65 Å². The third kappa shape index (κ3) is 2.80. The van der Waals surface area contributed by atoms with Crippen LogP contribution in [0, 0.1) is 0 Å². The Balaban J connectivity index is 1.40. The average Bonchev–Trinajstić information content (AvgIpc) is 3.43. The molecule has 0 bridgehead atoms. The van der Waals surface area contributed by atoms with Crippen LogP contribution in [0.1, 0.15) is 0 Å². The van der Waals surface area contributed by atoms with Gasteiger partial charge in [-0.1, -0.05) is 6.07 Å². The van der Waals surface area contributed by atoms with Crippen molar-refractivity contribution >= 4 is 22.2 Å². The Morgan fingerprint density at radius 3 is 1.93 bits per heavy atom. The lowest BCUT2D eigenvalue weighted by atomic mass is 10.1. The van der Waals surface area contributed by atoms with Crippen molar-refractivity contribution in [1.82, 2.24) is 34.9 Å². The highest BCUT2D eigenvalue weighted by atomic mass is 15.0. The Morgan fingerprint density at radius 1 is 0.533 bits per heavy atom. The van der Waals surface area contributed by atoms with Crippen molar-refractivity contribution in [2.45, 2.75) is 0 Å². The summed E-state index contributed by atoms with van der Waals surface area (Å²) in [6, 6.07) is 17.8. The number of hydrogen-bond donors (Lipinski definition) is 2. The van der Waals surface area contributed by atoms with Gasteiger partial charge in [0.25, 0.3) is 0 Å². The molecule has 1 aromatic carbocycles. The predicted molar refractivity (Wildman–Crippen MR) is 115 cm³/mol. The smallest absolute Gasteiger partial charge is 0.178 e. The maximum atomic E-state index is 4.76. The fourth-order valence-corrected chi connectivity index (χ4v) is 3.52. The van der Waals surface area contributed by atoms with E-state index in [4.69, 9.17) is 4.98 Å². The number of nitrogens with one attached hydrogen (secondary N) is 2. The SMILES string of the molecule is c1cc(-c2nc3ccc(-c4ccc5[nH]c(-c6ccncc6)nc5n4)cc3[nH]2)ccn1. The molecule has 0 amide bonds. The number of aromatic amines is 2. The van der Waals surface area contributed by atoms with E-state index in [1.165, 1.54) is 0 Å². The number of hydrogen-bond acceptors (Lipinski definition) is 5. The maximum Gasteiger partial charge on any atom is 0.178 e. The van der Waals surface area contributed by atoms with Crippen LogP contribution in [-0.4, -0.2) is 34.9 Å². The molecular weight excluding hydrogens is 374 g/mol. The van der Waals surface area contributed by atoms with Crippen LogP contribution in [0.25, 0.3) is 56.2 Å². The third-order valence-corrected chi connectivity index (χ3v) is 5.03. The summed E-state index contributed by atoms with van der Waals surface area (Å²) in [4.78, 5) is 28.9. The number of rotatable bonds is 3. The van der Waals surface area contributed by atoms with Crippen LogP contribution < -0.4 is 0 Å². The Morgan fingerprint density at radius 2 is 1.20 bits per heavy atom. The summed E-state index contributed by atoms with van der Waals surface area (Å²) in [5.41, 5.74) is 7.29. The van der Waals surface area contributed by atoms with E-state index in [0.29, 0.717) is 5.65 Å². The van der Waals surface area contributed by atoms with E-state index in [9.17, 15) is 0 Å². The number of imidazole rings is 2. The minimum absolute atomic E-state index is 0.682. The molecule has 7 heteroatoms. The summed E-state index contributed by atoms with van der Waals surface area (Å²) < 4.78 is 0. The summed E-state index contributed by atoms with van der Waals surface area (Å²) in [5.74, 6) is 1.60. The van der Waals surface area contributed by atoms with E-state index in [-0.39, 0.29) is 0 Å². The minimum Gasteiger partial charge on any atom is -0.338 e. The summed E-state index contributed by atoms with van der Waals surface area (Å²) in [6.45, 7) is 0. The van der Waals surface area contributed by atoms with Gasteiger partial charge in [0.2, 0.25) is 0 Å². The van der Waals surface area contributed by atoms with Crippen LogP contribution in [0.5, 0.6) is 0 Å². The summed E-state index contributed by atoms with van der Waals surface area (Å²) in [6.07, 6.45) is 7.02. The van der Waals surface area contributed by atoms with Crippen LogP contribution in [0.2, 0.25) is 0 Å².